The molecule has 2 fully saturated rings. The summed E-state index contributed by atoms with van der Waals surface area (Å²) in [5.41, 5.74) is 0. The highest BCUT2D eigenvalue weighted by Crippen LogP contribution is 2.41. The van der Waals surface area contributed by atoms with E-state index in [0.717, 1.165) is 24.5 Å². The van der Waals surface area contributed by atoms with E-state index in [9.17, 15) is 4.79 Å². The number of hydrogen-bond donors (Lipinski definition) is 1. The monoisotopic (exact) mass is 308 g/mol. The Morgan fingerprint density at radius 3 is 2.90 bits per heavy atom. The van der Waals surface area contributed by atoms with Crippen molar-refractivity contribution in [2.75, 3.05) is 27.2 Å². The molecule has 2 heterocycles. The van der Waals surface area contributed by atoms with Crippen LogP contribution in [-0.4, -0.2) is 54.0 Å². The molecule has 0 radical (unpaired) electrons. The largest absolute Gasteiger partial charge is 0.328 e. The lowest BCUT2D eigenvalue weighted by Crippen LogP contribution is -2.51. The Labute approximate surface area is 130 Å². The van der Waals surface area contributed by atoms with Gasteiger partial charge in [0.25, 0.3) is 0 Å². The number of piperidine rings is 1. The summed E-state index contributed by atoms with van der Waals surface area (Å²) < 4.78 is 0. The lowest BCUT2D eigenvalue weighted by molar-refractivity contribution is 0.137. The summed E-state index contributed by atoms with van der Waals surface area (Å²) in [5, 5.41) is 6.26. The molecule has 1 N–H and O–H groups in total. The highest BCUT2D eigenvalue weighted by Gasteiger charge is 2.36. The van der Waals surface area contributed by atoms with Crippen molar-refractivity contribution in [3.05, 3.63) is 16.6 Å². The van der Waals surface area contributed by atoms with Gasteiger partial charge >= 0.3 is 6.03 Å². The van der Waals surface area contributed by atoms with Gasteiger partial charge in [0.2, 0.25) is 0 Å². The number of aromatic nitrogens is 1. The molecule has 2 aliphatic rings. The van der Waals surface area contributed by atoms with Gasteiger partial charge in [-0.05, 0) is 45.7 Å². The van der Waals surface area contributed by atoms with Gasteiger partial charge in [-0.3, -0.25) is 0 Å². The van der Waals surface area contributed by atoms with Gasteiger partial charge in [0, 0.05) is 30.7 Å². The van der Waals surface area contributed by atoms with E-state index in [0.29, 0.717) is 12.0 Å². The van der Waals surface area contributed by atoms with Crippen molar-refractivity contribution < 1.29 is 4.79 Å². The molecule has 2 amide bonds. The van der Waals surface area contributed by atoms with E-state index in [-0.39, 0.29) is 12.1 Å². The van der Waals surface area contributed by atoms with E-state index >= 15 is 0 Å². The number of nitrogens with zero attached hydrogens (tertiary/aromatic N) is 3. The lowest BCUT2D eigenvalue weighted by Gasteiger charge is -2.36. The minimum absolute atomic E-state index is 0.0775. The van der Waals surface area contributed by atoms with Gasteiger partial charge in [-0.25, -0.2) is 9.78 Å². The number of rotatable bonds is 4. The second-order valence-electron chi connectivity index (χ2n) is 6.34. The molecule has 3 rings (SSSR count). The van der Waals surface area contributed by atoms with Gasteiger partial charge < -0.3 is 15.1 Å². The number of urea groups is 1. The fraction of sp³-hybridized carbons (Fsp3) is 0.733. The van der Waals surface area contributed by atoms with E-state index in [2.05, 4.69) is 29.3 Å². The minimum Gasteiger partial charge on any atom is -0.328 e. The molecule has 0 aromatic carbocycles. The number of carbonyl (C=O) groups excluding carboxylic acids is 1. The van der Waals surface area contributed by atoms with Crippen LogP contribution in [-0.2, 0) is 0 Å². The van der Waals surface area contributed by atoms with Crippen molar-refractivity contribution in [2.24, 2.45) is 5.92 Å². The molecule has 0 unspecified atom stereocenters. The van der Waals surface area contributed by atoms with E-state index in [1.54, 1.807) is 11.3 Å². The molecule has 1 aliphatic heterocycles. The summed E-state index contributed by atoms with van der Waals surface area (Å²) in [5.74, 6) is 0.578. The Balaban J connectivity index is 1.62. The molecule has 116 valence electrons. The first-order valence-electron chi connectivity index (χ1n) is 7.76. The fourth-order valence-corrected chi connectivity index (χ4v) is 3.76. The number of likely N-dealkylation sites (tertiary alicyclic amines) is 1. The first-order chi connectivity index (χ1) is 10.1. The molecule has 0 bridgehead atoms. The highest BCUT2D eigenvalue weighted by atomic mass is 32.1. The predicted octanol–water partition coefficient (Wildman–Crippen LogP) is 2.33. The summed E-state index contributed by atoms with van der Waals surface area (Å²) in [4.78, 5) is 21.2. The number of thiazole rings is 1. The quantitative estimate of drug-likeness (QED) is 0.929. The molecule has 1 saturated heterocycles. The maximum atomic E-state index is 12.6. The van der Waals surface area contributed by atoms with E-state index in [1.807, 2.05) is 16.5 Å². The SMILES string of the molecule is CN(C)[C@@H]1CCCN(C(=O)N[C@@H](c2nccs2)C2CC2)C1. The zero-order chi connectivity index (χ0) is 14.8. The molecule has 6 heteroatoms. The van der Waals surface area contributed by atoms with Crippen LogP contribution in [0.2, 0.25) is 0 Å². The van der Waals surface area contributed by atoms with Crippen molar-refractivity contribution in [1.29, 1.82) is 0 Å². The summed E-state index contributed by atoms with van der Waals surface area (Å²) in [6, 6.07) is 0.662. The zero-order valence-corrected chi connectivity index (χ0v) is 13.6. The van der Waals surface area contributed by atoms with Gasteiger partial charge in [-0.1, -0.05) is 0 Å². The average molecular weight is 308 g/mol. The van der Waals surface area contributed by atoms with Gasteiger partial charge in [0.15, 0.2) is 0 Å². The van der Waals surface area contributed by atoms with Crippen molar-refractivity contribution in [3.8, 4) is 0 Å². The average Bonchev–Trinajstić information content (AvgIpc) is 3.18. The molecule has 0 spiro atoms. The second-order valence-corrected chi connectivity index (χ2v) is 7.27. The number of nitrogens with one attached hydrogen (secondary N) is 1. The Kier molecular flexibility index (Phi) is 4.45. The van der Waals surface area contributed by atoms with E-state index in [4.69, 9.17) is 0 Å². The van der Waals surface area contributed by atoms with E-state index in [1.165, 1.54) is 19.3 Å². The molecule has 1 aliphatic carbocycles. The Morgan fingerprint density at radius 2 is 2.29 bits per heavy atom. The number of likely N-dealkylation sites (N-methyl/N-ethyl adjacent to an activating group) is 1. The Bertz CT molecular complexity index is 472. The first-order valence-corrected chi connectivity index (χ1v) is 8.64. The van der Waals surface area contributed by atoms with Crippen LogP contribution < -0.4 is 5.32 Å². The predicted molar refractivity (Wildman–Crippen MR) is 84.4 cm³/mol. The maximum absolute atomic E-state index is 12.6. The smallest absolute Gasteiger partial charge is 0.318 e. The third kappa shape index (κ3) is 3.55. The highest BCUT2D eigenvalue weighted by molar-refractivity contribution is 7.09. The van der Waals surface area contributed by atoms with Crippen LogP contribution in [0.4, 0.5) is 4.79 Å². The van der Waals surface area contributed by atoms with Crippen LogP contribution in [0.3, 0.4) is 0 Å². The van der Waals surface area contributed by atoms with Crippen LogP contribution in [0.1, 0.15) is 36.7 Å². The number of carbonyl (C=O) groups is 1. The molecule has 1 aromatic rings. The standard InChI is InChI=1S/C15H24N4OS/c1-18(2)12-4-3-8-19(10-12)15(20)17-13(11-5-6-11)14-16-7-9-21-14/h7,9,11-13H,3-6,8,10H2,1-2H3,(H,17,20)/t12-,13-/m1/s1. The summed E-state index contributed by atoms with van der Waals surface area (Å²) in [6.07, 6.45) is 6.48. The van der Waals surface area contributed by atoms with Gasteiger partial charge in [0.05, 0.1) is 6.04 Å². The number of hydrogen-bond acceptors (Lipinski definition) is 4. The number of amides is 2. The van der Waals surface area contributed by atoms with Crippen molar-refractivity contribution in [3.63, 3.8) is 0 Å². The molecule has 1 saturated carbocycles. The van der Waals surface area contributed by atoms with E-state index < -0.39 is 0 Å². The van der Waals surface area contributed by atoms with Crippen LogP contribution in [0.5, 0.6) is 0 Å². The van der Waals surface area contributed by atoms with Crippen LogP contribution in [0, 0.1) is 5.92 Å². The molecule has 5 nitrogen and oxygen atoms in total. The molecule has 1 aromatic heterocycles. The minimum atomic E-state index is 0.0775. The fourth-order valence-electron chi connectivity index (χ4n) is 2.98. The van der Waals surface area contributed by atoms with Crippen molar-refractivity contribution in [1.82, 2.24) is 20.1 Å². The third-order valence-corrected chi connectivity index (χ3v) is 5.36. The third-order valence-electron chi connectivity index (χ3n) is 4.50. The molecular weight excluding hydrogens is 284 g/mol. The lowest BCUT2D eigenvalue weighted by atomic mass is 10.1. The van der Waals surface area contributed by atoms with Gasteiger partial charge in [-0.15, -0.1) is 11.3 Å². The molecular formula is C15H24N4OS. The summed E-state index contributed by atoms with van der Waals surface area (Å²) in [6.45, 7) is 1.69. The second kappa shape index (κ2) is 6.32. The zero-order valence-electron chi connectivity index (χ0n) is 12.8. The van der Waals surface area contributed by atoms with Gasteiger partial charge in [-0.2, -0.15) is 0 Å². The summed E-state index contributed by atoms with van der Waals surface area (Å²) >= 11 is 1.64. The first kappa shape index (κ1) is 14.8. The normalized spacial score (nSPS) is 24.1. The summed E-state index contributed by atoms with van der Waals surface area (Å²) in [7, 11) is 4.18. The topological polar surface area (TPSA) is 48.5 Å². The maximum Gasteiger partial charge on any atom is 0.318 e. The van der Waals surface area contributed by atoms with Crippen LogP contribution in [0.15, 0.2) is 11.6 Å². The Hall–Kier alpha value is -1.14. The van der Waals surface area contributed by atoms with Crippen LogP contribution >= 0.6 is 11.3 Å². The van der Waals surface area contributed by atoms with Crippen LogP contribution in [0.25, 0.3) is 0 Å². The molecule has 21 heavy (non-hydrogen) atoms. The van der Waals surface area contributed by atoms with Crippen molar-refractivity contribution >= 4 is 17.4 Å². The van der Waals surface area contributed by atoms with Gasteiger partial charge in [0.1, 0.15) is 5.01 Å². The Morgan fingerprint density at radius 1 is 1.48 bits per heavy atom. The van der Waals surface area contributed by atoms with Crippen molar-refractivity contribution in [2.45, 2.75) is 37.8 Å². The molecule has 2 atom stereocenters.